The summed E-state index contributed by atoms with van der Waals surface area (Å²) in [6.45, 7) is 11.8. The number of ether oxygens (including phenoxy) is 1. The molecule has 128 valence electrons. The highest BCUT2D eigenvalue weighted by Crippen LogP contribution is 2.28. The normalized spacial score (nSPS) is 15.5. The lowest BCUT2D eigenvalue weighted by molar-refractivity contribution is -0.130. The first-order valence-electron chi connectivity index (χ1n) is 8.27. The van der Waals surface area contributed by atoms with Gasteiger partial charge in [0.1, 0.15) is 0 Å². The number of hydrogen-bond acceptors (Lipinski definition) is 3. The van der Waals surface area contributed by atoms with Crippen LogP contribution in [0.2, 0.25) is 0 Å². The molecule has 0 bridgehead atoms. The molecule has 0 aromatic heterocycles. The molecule has 0 atom stereocenters. The second kappa shape index (κ2) is 7.95. The van der Waals surface area contributed by atoms with Crippen LogP contribution >= 0.6 is 0 Å². The molecule has 2 N–H and O–H groups in total. The van der Waals surface area contributed by atoms with Crippen LogP contribution in [0.4, 0.5) is 0 Å². The van der Waals surface area contributed by atoms with Crippen LogP contribution in [0.25, 0.3) is 0 Å². The number of hydrogen-bond donors (Lipinski definition) is 2. The van der Waals surface area contributed by atoms with Gasteiger partial charge in [-0.25, -0.2) is 0 Å². The maximum atomic E-state index is 12.1. The van der Waals surface area contributed by atoms with Crippen LogP contribution in [0.5, 0.6) is 0 Å². The van der Waals surface area contributed by atoms with Gasteiger partial charge in [-0.1, -0.05) is 34.6 Å². The standard InChI is InChI=1S/C17H32N2O3/c1-16(2,3)14(20)18-9-11-22-10-8-17(4,5)15(21)19-12-13-6-7-13/h13H,6-12H2,1-5H3,(H,18,20)(H,19,21). The molecule has 0 radical (unpaired) electrons. The number of amides is 2. The van der Waals surface area contributed by atoms with E-state index in [4.69, 9.17) is 4.74 Å². The Morgan fingerprint density at radius 3 is 2.18 bits per heavy atom. The van der Waals surface area contributed by atoms with E-state index in [0.717, 1.165) is 6.54 Å². The highest BCUT2D eigenvalue weighted by Gasteiger charge is 2.29. The molecule has 2 amide bonds. The molecule has 1 aliphatic carbocycles. The minimum atomic E-state index is -0.413. The van der Waals surface area contributed by atoms with Crippen LogP contribution in [-0.2, 0) is 14.3 Å². The summed E-state index contributed by atoms with van der Waals surface area (Å²) in [5.74, 6) is 0.822. The lowest BCUT2D eigenvalue weighted by atomic mass is 9.88. The summed E-state index contributed by atoms with van der Waals surface area (Å²) >= 11 is 0. The van der Waals surface area contributed by atoms with E-state index in [2.05, 4.69) is 10.6 Å². The molecule has 0 aliphatic heterocycles. The second-order valence-electron chi connectivity index (χ2n) is 7.91. The number of carbonyl (C=O) groups is 2. The van der Waals surface area contributed by atoms with Crippen molar-refractivity contribution in [1.82, 2.24) is 10.6 Å². The third-order valence-electron chi connectivity index (χ3n) is 3.95. The van der Waals surface area contributed by atoms with E-state index < -0.39 is 5.41 Å². The van der Waals surface area contributed by atoms with E-state index >= 15 is 0 Å². The molecule has 22 heavy (non-hydrogen) atoms. The molecule has 1 fully saturated rings. The van der Waals surface area contributed by atoms with Crippen LogP contribution in [-0.4, -0.2) is 38.1 Å². The Bertz CT molecular complexity index is 382. The van der Waals surface area contributed by atoms with E-state index in [1.807, 2.05) is 34.6 Å². The highest BCUT2D eigenvalue weighted by atomic mass is 16.5. The van der Waals surface area contributed by atoms with E-state index in [-0.39, 0.29) is 17.2 Å². The molecule has 1 aliphatic rings. The van der Waals surface area contributed by atoms with E-state index in [1.165, 1.54) is 12.8 Å². The molecule has 0 heterocycles. The summed E-state index contributed by atoms with van der Waals surface area (Å²) in [4.78, 5) is 23.8. The van der Waals surface area contributed by atoms with Crippen molar-refractivity contribution in [3.05, 3.63) is 0 Å². The van der Waals surface area contributed by atoms with Gasteiger partial charge >= 0.3 is 0 Å². The van der Waals surface area contributed by atoms with Crippen LogP contribution in [0.15, 0.2) is 0 Å². The Kier molecular flexibility index (Phi) is 6.85. The minimum absolute atomic E-state index is 0.0240. The fourth-order valence-electron chi connectivity index (χ4n) is 1.84. The Labute approximate surface area is 134 Å². The Morgan fingerprint density at radius 1 is 1.00 bits per heavy atom. The molecular formula is C17H32N2O3. The fraction of sp³-hybridized carbons (Fsp3) is 0.882. The van der Waals surface area contributed by atoms with E-state index in [1.54, 1.807) is 0 Å². The maximum absolute atomic E-state index is 12.1. The zero-order chi connectivity index (χ0) is 16.8. The average molecular weight is 312 g/mol. The summed E-state index contributed by atoms with van der Waals surface area (Å²) in [5, 5.41) is 5.86. The molecule has 0 aromatic rings. The molecule has 5 nitrogen and oxygen atoms in total. The first-order valence-corrected chi connectivity index (χ1v) is 8.27. The number of rotatable bonds is 9. The monoisotopic (exact) mass is 312 g/mol. The second-order valence-corrected chi connectivity index (χ2v) is 7.91. The largest absolute Gasteiger partial charge is 0.380 e. The van der Waals surface area contributed by atoms with E-state index in [0.29, 0.717) is 32.1 Å². The zero-order valence-electron chi connectivity index (χ0n) is 14.8. The first-order chi connectivity index (χ1) is 10.1. The van der Waals surface area contributed by atoms with Crippen molar-refractivity contribution in [1.29, 1.82) is 0 Å². The van der Waals surface area contributed by atoms with E-state index in [9.17, 15) is 9.59 Å². The van der Waals surface area contributed by atoms with Gasteiger partial charge in [0.05, 0.1) is 6.61 Å². The van der Waals surface area contributed by atoms with Gasteiger partial charge in [0, 0.05) is 30.5 Å². The van der Waals surface area contributed by atoms with Gasteiger partial charge in [-0.3, -0.25) is 9.59 Å². The van der Waals surface area contributed by atoms with Gasteiger partial charge in [-0.15, -0.1) is 0 Å². The van der Waals surface area contributed by atoms with Crippen molar-refractivity contribution in [2.24, 2.45) is 16.7 Å². The van der Waals surface area contributed by atoms with Gasteiger partial charge in [-0.2, -0.15) is 0 Å². The first kappa shape index (κ1) is 18.9. The van der Waals surface area contributed by atoms with Crippen molar-refractivity contribution in [2.45, 2.75) is 53.9 Å². The van der Waals surface area contributed by atoms with Crippen molar-refractivity contribution in [3.63, 3.8) is 0 Å². The molecule has 0 aromatic carbocycles. The Balaban J connectivity index is 2.09. The fourth-order valence-corrected chi connectivity index (χ4v) is 1.84. The lowest BCUT2D eigenvalue weighted by Gasteiger charge is -2.23. The van der Waals surface area contributed by atoms with Crippen molar-refractivity contribution in [3.8, 4) is 0 Å². The van der Waals surface area contributed by atoms with Gasteiger partial charge in [0.25, 0.3) is 0 Å². The molecule has 0 spiro atoms. The summed E-state index contributed by atoms with van der Waals surface area (Å²) in [6, 6.07) is 0. The van der Waals surface area contributed by atoms with Gasteiger partial charge < -0.3 is 15.4 Å². The molecule has 5 heteroatoms. The maximum Gasteiger partial charge on any atom is 0.225 e. The topological polar surface area (TPSA) is 67.4 Å². The summed E-state index contributed by atoms with van der Waals surface area (Å²) in [7, 11) is 0. The van der Waals surface area contributed by atoms with Crippen LogP contribution < -0.4 is 10.6 Å². The smallest absolute Gasteiger partial charge is 0.225 e. The van der Waals surface area contributed by atoms with Crippen molar-refractivity contribution in [2.75, 3.05) is 26.3 Å². The van der Waals surface area contributed by atoms with Crippen LogP contribution in [0.3, 0.4) is 0 Å². The summed E-state index contributed by atoms with van der Waals surface area (Å²) < 4.78 is 5.53. The SMILES string of the molecule is CC(C)(C)C(=O)NCCOCCC(C)(C)C(=O)NCC1CC1. The third kappa shape index (κ3) is 7.25. The van der Waals surface area contributed by atoms with Gasteiger partial charge in [-0.05, 0) is 25.2 Å². The predicted octanol–water partition coefficient (Wildman–Crippen LogP) is 2.11. The molecule has 1 saturated carbocycles. The summed E-state index contributed by atoms with van der Waals surface area (Å²) in [6.07, 6.45) is 3.16. The molecule has 0 saturated heterocycles. The van der Waals surface area contributed by atoms with Crippen molar-refractivity contribution >= 4 is 11.8 Å². The minimum Gasteiger partial charge on any atom is -0.380 e. The Hall–Kier alpha value is -1.10. The van der Waals surface area contributed by atoms with Gasteiger partial charge in [0.15, 0.2) is 0 Å². The summed E-state index contributed by atoms with van der Waals surface area (Å²) in [5.41, 5.74) is -0.787. The predicted molar refractivity (Wildman–Crippen MR) is 87.4 cm³/mol. The van der Waals surface area contributed by atoms with Crippen LogP contribution in [0.1, 0.15) is 53.9 Å². The lowest BCUT2D eigenvalue weighted by Crippen LogP contribution is -2.39. The zero-order valence-corrected chi connectivity index (χ0v) is 14.8. The van der Waals surface area contributed by atoms with Crippen LogP contribution in [0, 0.1) is 16.7 Å². The number of nitrogens with one attached hydrogen (secondary N) is 2. The molecular weight excluding hydrogens is 280 g/mol. The molecule has 0 unspecified atom stereocenters. The third-order valence-corrected chi connectivity index (χ3v) is 3.95. The quantitative estimate of drug-likeness (QED) is 0.641. The van der Waals surface area contributed by atoms with Gasteiger partial charge in [0.2, 0.25) is 11.8 Å². The molecule has 1 rings (SSSR count). The highest BCUT2D eigenvalue weighted by molar-refractivity contribution is 5.82. The Morgan fingerprint density at radius 2 is 1.64 bits per heavy atom. The van der Waals surface area contributed by atoms with Crippen molar-refractivity contribution < 1.29 is 14.3 Å². The average Bonchev–Trinajstić information content (AvgIpc) is 3.22. The number of carbonyl (C=O) groups excluding carboxylic acids is 2.